The highest BCUT2D eigenvalue weighted by Gasteiger charge is 2.26. The molecular weight excluding hydrogens is 352 g/mol. The fourth-order valence-electron chi connectivity index (χ4n) is 3.90. The van der Waals surface area contributed by atoms with E-state index in [-0.39, 0.29) is 5.91 Å². The summed E-state index contributed by atoms with van der Waals surface area (Å²) >= 11 is 0. The second-order valence-corrected chi connectivity index (χ2v) is 7.34. The Morgan fingerprint density at radius 2 is 1.75 bits per heavy atom. The lowest BCUT2D eigenvalue weighted by Crippen LogP contribution is -2.38. The van der Waals surface area contributed by atoms with E-state index >= 15 is 0 Å². The van der Waals surface area contributed by atoms with Crippen LogP contribution in [0.1, 0.15) is 42.4 Å². The smallest absolute Gasteiger partial charge is 0.224 e. The van der Waals surface area contributed by atoms with Crippen molar-refractivity contribution >= 4 is 5.91 Å². The summed E-state index contributed by atoms with van der Waals surface area (Å²) in [6, 6.07) is 4.07. The Bertz CT molecular complexity index is 908. The molecular formula is C21H26N6O. The molecule has 3 aromatic heterocycles. The van der Waals surface area contributed by atoms with E-state index in [1.807, 2.05) is 59.5 Å². The van der Waals surface area contributed by atoms with Crippen LogP contribution in [0, 0.1) is 6.92 Å². The molecule has 4 heterocycles. The Morgan fingerprint density at radius 1 is 1.04 bits per heavy atom. The van der Waals surface area contributed by atoms with Crippen LogP contribution in [0.3, 0.4) is 0 Å². The fourth-order valence-corrected chi connectivity index (χ4v) is 3.90. The van der Waals surface area contributed by atoms with E-state index in [1.54, 1.807) is 6.20 Å². The van der Waals surface area contributed by atoms with Gasteiger partial charge in [-0.25, -0.2) is 9.97 Å². The molecule has 0 N–H and O–H groups in total. The molecule has 0 bridgehead atoms. The third kappa shape index (κ3) is 4.13. The highest BCUT2D eigenvalue weighted by molar-refractivity contribution is 5.76. The summed E-state index contributed by atoms with van der Waals surface area (Å²) in [5, 5.41) is 0. The van der Waals surface area contributed by atoms with Gasteiger partial charge in [-0.15, -0.1) is 0 Å². The number of carbonyl (C=O) groups excluding carboxylic acids is 1. The van der Waals surface area contributed by atoms with Gasteiger partial charge in [0.1, 0.15) is 11.6 Å². The van der Waals surface area contributed by atoms with Gasteiger partial charge < -0.3 is 14.0 Å². The molecule has 1 aliphatic rings. The molecule has 0 radical (unpaired) electrons. The van der Waals surface area contributed by atoms with E-state index in [1.165, 1.54) is 5.56 Å². The number of rotatable bonds is 6. The van der Waals surface area contributed by atoms with Crippen LogP contribution in [0.25, 0.3) is 0 Å². The van der Waals surface area contributed by atoms with E-state index in [4.69, 9.17) is 0 Å². The lowest BCUT2D eigenvalue weighted by molar-refractivity contribution is -0.132. The zero-order valence-electron chi connectivity index (χ0n) is 16.2. The molecule has 3 aromatic rings. The number of aromatic nitrogens is 5. The summed E-state index contributed by atoms with van der Waals surface area (Å²) in [7, 11) is 0. The van der Waals surface area contributed by atoms with E-state index < -0.39 is 0 Å². The summed E-state index contributed by atoms with van der Waals surface area (Å²) in [6.45, 7) is 5.06. The molecule has 0 aromatic carbocycles. The number of aryl methyl sites for hydroxylation is 2. The quantitative estimate of drug-likeness (QED) is 0.661. The highest BCUT2D eigenvalue weighted by atomic mass is 16.2. The lowest BCUT2D eigenvalue weighted by atomic mass is 9.95. The van der Waals surface area contributed by atoms with E-state index in [0.29, 0.717) is 18.9 Å². The minimum atomic E-state index is 0.228. The summed E-state index contributed by atoms with van der Waals surface area (Å²) in [6.07, 6.45) is 13.7. The largest absolute Gasteiger partial charge is 0.343 e. The molecule has 1 amide bonds. The first kappa shape index (κ1) is 18.4. The van der Waals surface area contributed by atoms with Gasteiger partial charge in [0.25, 0.3) is 0 Å². The molecule has 0 spiro atoms. The van der Waals surface area contributed by atoms with E-state index in [2.05, 4.69) is 19.5 Å². The number of nitrogens with zero attached hydrogens (tertiary/aromatic N) is 6. The number of hydrogen-bond acceptors (Lipinski definition) is 4. The molecule has 1 saturated heterocycles. The summed E-state index contributed by atoms with van der Waals surface area (Å²) < 4.78 is 4.25. The van der Waals surface area contributed by atoms with Crippen LogP contribution in [0.2, 0.25) is 0 Å². The maximum atomic E-state index is 12.6. The lowest BCUT2D eigenvalue weighted by Gasteiger charge is -2.32. The van der Waals surface area contributed by atoms with Crippen molar-refractivity contribution in [2.75, 3.05) is 13.1 Å². The van der Waals surface area contributed by atoms with Crippen LogP contribution in [-0.4, -0.2) is 48.0 Å². The molecule has 146 valence electrons. The van der Waals surface area contributed by atoms with Crippen LogP contribution in [0.15, 0.2) is 49.3 Å². The summed E-state index contributed by atoms with van der Waals surface area (Å²) in [4.78, 5) is 27.5. The third-order valence-corrected chi connectivity index (χ3v) is 5.55. The number of likely N-dealkylation sites (tertiary alicyclic amines) is 1. The average molecular weight is 378 g/mol. The van der Waals surface area contributed by atoms with Crippen LogP contribution in [0.4, 0.5) is 0 Å². The number of hydrogen-bond donors (Lipinski definition) is 0. The molecule has 7 heteroatoms. The van der Waals surface area contributed by atoms with Crippen molar-refractivity contribution in [2.45, 2.75) is 45.2 Å². The molecule has 7 nitrogen and oxygen atoms in total. The molecule has 28 heavy (non-hydrogen) atoms. The average Bonchev–Trinajstić information content (AvgIpc) is 3.36. The van der Waals surface area contributed by atoms with Crippen molar-refractivity contribution in [1.29, 1.82) is 0 Å². The van der Waals surface area contributed by atoms with Crippen molar-refractivity contribution in [3.63, 3.8) is 0 Å². The van der Waals surface area contributed by atoms with Gasteiger partial charge in [-0.05, 0) is 37.5 Å². The van der Waals surface area contributed by atoms with E-state index in [0.717, 1.165) is 44.1 Å². The molecule has 1 fully saturated rings. The second-order valence-electron chi connectivity index (χ2n) is 7.34. The van der Waals surface area contributed by atoms with Crippen LogP contribution < -0.4 is 0 Å². The number of amides is 1. The molecule has 0 saturated carbocycles. The van der Waals surface area contributed by atoms with Gasteiger partial charge in [0, 0.05) is 75.7 Å². The van der Waals surface area contributed by atoms with Crippen molar-refractivity contribution in [1.82, 2.24) is 29.0 Å². The fraction of sp³-hybridized carbons (Fsp3) is 0.429. The van der Waals surface area contributed by atoms with Gasteiger partial charge in [-0.1, -0.05) is 0 Å². The van der Waals surface area contributed by atoms with Gasteiger partial charge in [0.15, 0.2) is 0 Å². The SMILES string of the molecule is Cc1nccn1CCC(=O)N1CCC(c2nccn2Cc2ccncc2)CC1. The number of piperidine rings is 1. The Balaban J connectivity index is 1.31. The Labute approximate surface area is 165 Å². The third-order valence-electron chi connectivity index (χ3n) is 5.55. The number of carbonyl (C=O) groups is 1. The van der Waals surface area contributed by atoms with E-state index in [9.17, 15) is 4.79 Å². The predicted molar refractivity (Wildman–Crippen MR) is 106 cm³/mol. The minimum absolute atomic E-state index is 0.228. The topological polar surface area (TPSA) is 68.8 Å². The predicted octanol–water partition coefficient (Wildman–Crippen LogP) is 2.63. The first-order chi connectivity index (χ1) is 13.7. The molecule has 0 unspecified atom stereocenters. The standard InChI is InChI=1S/C21H26N6O/c1-17-23-9-14-25(17)13-6-20(28)26-11-4-19(5-12-26)21-24-10-15-27(21)16-18-2-7-22-8-3-18/h2-3,7-10,14-15,19H,4-6,11-13,16H2,1H3. The highest BCUT2D eigenvalue weighted by Crippen LogP contribution is 2.27. The molecule has 4 rings (SSSR count). The van der Waals surface area contributed by atoms with Crippen molar-refractivity contribution in [3.05, 3.63) is 66.5 Å². The Hall–Kier alpha value is -2.96. The summed E-state index contributed by atoms with van der Waals surface area (Å²) in [5.41, 5.74) is 1.22. The number of imidazole rings is 2. The monoisotopic (exact) mass is 378 g/mol. The van der Waals surface area contributed by atoms with Gasteiger partial charge in [-0.2, -0.15) is 0 Å². The number of pyridine rings is 1. The van der Waals surface area contributed by atoms with Crippen LogP contribution in [0.5, 0.6) is 0 Å². The molecule has 0 atom stereocenters. The van der Waals surface area contributed by atoms with Crippen molar-refractivity contribution in [2.24, 2.45) is 0 Å². The summed E-state index contributed by atoms with van der Waals surface area (Å²) in [5.74, 6) is 2.70. The second kappa shape index (κ2) is 8.37. The van der Waals surface area contributed by atoms with Gasteiger partial charge in [-0.3, -0.25) is 9.78 Å². The van der Waals surface area contributed by atoms with Gasteiger partial charge in [0.05, 0.1) is 0 Å². The molecule has 0 aliphatic carbocycles. The zero-order chi connectivity index (χ0) is 19.3. The minimum Gasteiger partial charge on any atom is -0.343 e. The van der Waals surface area contributed by atoms with Crippen LogP contribution >= 0.6 is 0 Å². The maximum absolute atomic E-state index is 12.6. The van der Waals surface area contributed by atoms with Crippen molar-refractivity contribution < 1.29 is 4.79 Å². The van der Waals surface area contributed by atoms with Crippen molar-refractivity contribution in [3.8, 4) is 0 Å². The van der Waals surface area contributed by atoms with Crippen LogP contribution in [-0.2, 0) is 17.9 Å². The normalized spacial score (nSPS) is 15.1. The molecule has 1 aliphatic heterocycles. The first-order valence-corrected chi connectivity index (χ1v) is 9.86. The first-order valence-electron chi connectivity index (χ1n) is 9.86. The maximum Gasteiger partial charge on any atom is 0.224 e. The van der Waals surface area contributed by atoms with Gasteiger partial charge >= 0.3 is 0 Å². The van der Waals surface area contributed by atoms with Gasteiger partial charge in [0.2, 0.25) is 5.91 Å². The Morgan fingerprint density at radius 3 is 2.46 bits per heavy atom. The Kier molecular flexibility index (Phi) is 5.50. The zero-order valence-corrected chi connectivity index (χ0v) is 16.2.